The van der Waals surface area contributed by atoms with Crippen molar-refractivity contribution in [2.75, 3.05) is 45.8 Å². The number of esters is 2. The number of fused-ring (bicyclic) bond motifs is 1. The lowest BCUT2D eigenvalue weighted by atomic mass is 9.97. The third-order valence-corrected chi connectivity index (χ3v) is 5.23. The van der Waals surface area contributed by atoms with Gasteiger partial charge in [0.05, 0.1) is 44.5 Å². The number of hydrogen-bond donors (Lipinski definition) is 2. The second-order valence-corrected chi connectivity index (χ2v) is 7.13. The van der Waals surface area contributed by atoms with Gasteiger partial charge >= 0.3 is 11.9 Å². The van der Waals surface area contributed by atoms with Crippen LogP contribution in [0.1, 0.15) is 30.3 Å². The molecule has 0 aliphatic carbocycles. The number of ether oxygens (including phenoxy) is 3. The van der Waals surface area contributed by atoms with E-state index >= 15 is 0 Å². The second-order valence-electron chi connectivity index (χ2n) is 7.13. The fourth-order valence-electron chi connectivity index (χ4n) is 3.66. The summed E-state index contributed by atoms with van der Waals surface area (Å²) >= 11 is 0. The van der Waals surface area contributed by atoms with Crippen molar-refractivity contribution in [2.24, 2.45) is 5.92 Å². The fourth-order valence-corrected chi connectivity index (χ4v) is 3.66. The van der Waals surface area contributed by atoms with Crippen LogP contribution in [-0.4, -0.2) is 68.2 Å². The molecule has 9 nitrogen and oxygen atoms in total. The normalized spacial score (nSPS) is 15.0. The number of nitrogens with one attached hydrogen (secondary N) is 2. The predicted octanol–water partition coefficient (Wildman–Crippen LogP) is 2.18. The molecule has 1 aliphatic rings. The van der Waals surface area contributed by atoms with E-state index < -0.39 is 5.97 Å². The number of amides is 1. The number of aromatic nitrogens is 1. The van der Waals surface area contributed by atoms with Gasteiger partial charge in [0.25, 0.3) is 0 Å². The van der Waals surface area contributed by atoms with Crippen molar-refractivity contribution in [3.8, 4) is 5.75 Å². The van der Waals surface area contributed by atoms with E-state index in [9.17, 15) is 14.4 Å². The van der Waals surface area contributed by atoms with E-state index in [1.165, 1.54) is 7.11 Å². The lowest BCUT2D eigenvalue weighted by Gasteiger charge is -2.30. The standard InChI is InChI=1S/C21H27N3O6/c1-4-30-20(26)13-7-9-24(10-8-13)12-17(25)23-18-15-6-5-14(28-2)11-16(15)22-19(18)21(27)29-3/h5-6,11,13,22H,4,7-10,12H2,1-3H3,(H,23,25). The summed E-state index contributed by atoms with van der Waals surface area (Å²) in [6.07, 6.45) is 1.32. The number of rotatable bonds is 7. The van der Waals surface area contributed by atoms with Crippen molar-refractivity contribution in [3.05, 3.63) is 23.9 Å². The molecule has 162 valence electrons. The van der Waals surface area contributed by atoms with E-state index in [1.54, 1.807) is 32.2 Å². The Labute approximate surface area is 174 Å². The largest absolute Gasteiger partial charge is 0.497 e. The first kappa shape index (κ1) is 21.6. The van der Waals surface area contributed by atoms with Gasteiger partial charge in [0.1, 0.15) is 11.4 Å². The summed E-state index contributed by atoms with van der Waals surface area (Å²) in [5.74, 6) is -0.470. The molecule has 1 aromatic carbocycles. The molecule has 2 heterocycles. The lowest BCUT2D eigenvalue weighted by molar-refractivity contribution is -0.149. The van der Waals surface area contributed by atoms with Gasteiger partial charge in [-0.3, -0.25) is 14.5 Å². The number of anilines is 1. The van der Waals surface area contributed by atoms with Crippen LogP contribution >= 0.6 is 0 Å². The summed E-state index contributed by atoms with van der Waals surface area (Å²) in [5, 5.41) is 3.53. The van der Waals surface area contributed by atoms with Crippen molar-refractivity contribution in [2.45, 2.75) is 19.8 Å². The molecule has 0 atom stereocenters. The molecule has 1 aromatic heterocycles. The summed E-state index contributed by atoms with van der Waals surface area (Å²) in [4.78, 5) is 41.7. The number of hydrogen-bond acceptors (Lipinski definition) is 7. The summed E-state index contributed by atoms with van der Waals surface area (Å²) in [7, 11) is 2.84. The van der Waals surface area contributed by atoms with Crippen LogP contribution in [0.25, 0.3) is 10.9 Å². The van der Waals surface area contributed by atoms with E-state index in [4.69, 9.17) is 14.2 Å². The number of aromatic amines is 1. The van der Waals surface area contributed by atoms with Crippen molar-refractivity contribution >= 4 is 34.4 Å². The third kappa shape index (κ3) is 4.73. The molecule has 1 saturated heterocycles. The number of benzene rings is 1. The molecule has 9 heteroatoms. The molecule has 0 saturated carbocycles. The highest BCUT2D eigenvalue weighted by atomic mass is 16.5. The van der Waals surface area contributed by atoms with E-state index in [2.05, 4.69) is 10.3 Å². The van der Waals surface area contributed by atoms with Gasteiger partial charge in [-0.1, -0.05) is 0 Å². The Morgan fingerprint density at radius 1 is 1.20 bits per heavy atom. The van der Waals surface area contributed by atoms with Crippen LogP contribution in [0, 0.1) is 5.92 Å². The van der Waals surface area contributed by atoms with Gasteiger partial charge in [0.15, 0.2) is 0 Å². The van der Waals surface area contributed by atoms with Crippen molar-refractivity contribution in [1.29, 1.82) is 0 Å². The highest BCUT2D eigenvalue weighted by molar-refractivity contribution is 6.11. The van der Waals surface area contributed by atoms with E-state index in [1.807, 2.05) is 4.90 Å². The average molecular weight is 417 g/mol. The smallest absolute Gasteiger partial charge is 0.356 e. The molecular weight excluding hydrogens is 390 g/mol. The van der Waals surface area contributed by atoms with Crippen LogP contribution in [-0.2, 0) is 19.1 Å². The van der Waals surface area contributed by atoms with Gasteiger partial charge in [-0.25, -0.2) is 4.79 Å². The molecule has 2 aromatic rings. The first-order valence-corrected chi connectivity index (χ1v) is 9.93. The van der Waals surface area contributed by atoms with Crippen molar-refractivity contribution in [3.63, 3.8) is 0 Å². The zero-order chi connectivity index (χ0) is 21.7. The third-order valence-electron chi connectivity index (χ3n) is 5.23. The first-order chi connectivity index (χ1) is 14.5. The molecule has 0 unspecified atom stereocenters. The Bertz CT molecular complexity index is 930. The van der Waals surface area contributed by atoms with Crippen LogP contribution in [0.4, 0.5) is 5.69 Å². The molecule has 0 radical (unpaired) electrons. The maximum Gasteiger partial charge on any atom is 0.356 e. The minimum Gasteiger partial charge on any atom is -0.497 e. The summed E-state index contributed by atoms with van der Waals surface area (Å²) in [6.45, 7) is 3.60. The van der Waals surface area contributed by atoms with Crippen LogP contribution in [0.5, 0.6) is 5.75 Å². The summed E-state index contributed by atoms with van der Waals surface area (Å²) < 4.78 is 15.1. The molecule has 2 N–H and O–H groups in total. The maximum atomic E-state index is 12.7. The van der Waals surface area contributed by atoms with E-state index in [0.29, 0.717) is 54.9 Å². The molecule has 1 amide bonds. The first-order valence-electron chi connectivity index (χ1n) is 9.93. The maximum absolute atomic E-state index is 12.7. The second kappa shape index (κ2) is 9.62. The predicted molar refractivity (Wildman–Crippen MR) is 111 cm³/mol. The van der Waals surface area contributed by atoms with Gasteiger partial charge < -0.3 is 24.5 Å². The number of nitrogens with zero attached hydrogens (tertiary/aromatic N) is 1. The molecule has 3 rings (SSSR count). The average Bonchev–Trinajstić information content (AvgIpc) is 3.11. The van der Waals surface area contributed by atoms with Crippen LogP contribution in [0.2, 0.25) is 0 Å². The SMILES string of the molecule is CCOC(=O)C1CCN(CC(=O)Nc2c(C(=O)OC)[nH]c3cc(OC)ccc23)CC1. The molecule has 0 spiro atoms. The zero-order valence-electron chi connectivity index (χ0n) is 17.4. The van der Waals surface area contributed by atoms with Crippen LogP contribution in [0.15, 0.2) is 18.2 Å². The number of carbonyl (C=O) groups is 3. The van der Waals surface area contributed by atoms with Crippen LogP contribution < -0.4 is 10.1 Å². The van der Waals surface area contributed by atoms with E-state index in [0.717, 1.165) is 0 Å². The Hall–Kier alpha value is -3.07. The quantitative estimate of drug-likeness (QED) is 0.665. The monoisotopic (exact) mass is 417 g/mol. The van der Waals surface area contributed by atoms with Gasteiger partial charge in [0, 0.05) is 11.5 Å². The minimum atomic E-state index is -0.573. The number of methoxy groups -OCH3 is 2. The molecule has 1 fully saturated rings. The van der Waals surface area contributed by atoms with Crippen molar-refractivity contribution < 1.29 is 28.6 Å². The number of carbonyl (C=O) groups excluding carboxylic acids is 3. The topological polar surface area (TPSA) is 110 Å². The van der Waals surface area contributed by atoms with Gasteiger partial charge in [-0.15, -0.1) is 0 Å². The highest BCUT2D eigenvalue weighted by Gasteiger charge is 2.27. The Balaban J connectivity index is 1.69. The molecular formula is C21H27N3O6. The zero-order valence-corrected chi connectivity index (χ0v) is 17.4. The highest BCUT2D eigenvalue weighted by Crippen LogP contribution is 2.31. The lowest BCUT2D eigenvalue weighted by Crippen LogP contribution is -2.41. The van der Waals surface area contributed by atoms with Crippen molar-refractivity contribution in [1.82, 2.24) is 9.88 Å². The number of likely N-dealkylation sites (tertiary alicyclic amines) is 1. The Kier molecular flexibility index (Phi) is 6.94. The summed E-state index contributed by atoms with van der Waals surface area (Å²) in [5.41, 5.74) is 1.21. The van der Waals surface area contributed by atoms with E-state index in [-0.39, 0.29) is 30.0 Å². The molecule has 30 heavy (non-hydrogen) atoms. The van der Waals surface area contributed by atoms with Gasteiger partial charge in [-0.05, 0) is 45.0 Å². The molecule has 0 bridgehead atoms. The van der Waals surface area contributed by atoms with Gasteiger partial charge in [-0.2, -0.15) is 0 Å². The number of piperidine rings is 1. The summed E-state index contributed by atoms with van der Waals surface area (Å²) in [6, 6.07) is 5.28. The number of H-pyrrole nitrogens is 1. The minimum absolute atomic E-state index is 0.112. The van der Waals surface area contributed by atoms with Crippen LogP contribution in [0.3, 0.4) is 0 Å². The molecule has 1 aliphatic heterocycles. The fraction of sp³-hybridized carbons (Fsp3) is 0.476. The Morgan fingerprint density at radius 3 is 2.57 bits per heavy atom. The van der Waals surface area contributed by atoms with Gasteiger partial charge in [0.2, 0.25) is 5.91 Å². The Morgan fingerprint density at radius 2 is 1.93 bits per heavy atom.